The lowest BCUT2D eigenvalue weighted by atomic mass is 10.1. The highest BCUT2D eigenvalue weighted by molar-refractivity contribution is 5.91. The first-order chi connectivity index (χ1) is 9.46. The van der Waals surface area contributed by atoms with Gasteiger partial charge in [0.05, 0.1) is 7.11 Å². The van der Waals surface area contributed by atoms with Gasteiger partial charge >= 0.3 is 6.61 Å². The number of methoxy groups -OCH3 is 1. The van der Waals surface area contributed by atoms with Gasteiger partial charge in [0.25, 0.3) is 0 Å². The van der Waals surface area contributed by atoms with Gasteiger partial charge in [-0.3, -0.25) is 4.79 Å². The maximum atomic E-state index is 12.3. The third kappa shape index (κ3) is 5.00. The van der Waals surface area contributed by atoms with Crippen LogP contribution in [0.1, 0.15) is 19.8 Å². The number of rotatable bonds is 7. The van der Waals surface area contributed by atoms with Crippen molar-refractivity contribution >= 4 is 11.6 Å². The lowest BCUT2D eigenvalue weighted by Gasteiger charge is -2.13. The number of hydrogen-bond donors (Lipinski definition) is 2. The first-order valence-electron chi connectivity index (χ1n) is 6.14. The van der Waals surface area contributed by atoms with Crippen molar-refractivity contribution in [2.75, 3.05) is 12.4 Å². The van der Waals surface area contributed by atoms with Crippen LogP contribution in [0.15, 0.2) is 18.2 Å². The maximum Gasteiger partial charge on any atom is 0.387 e. The van der Waals surface area contributed by atoms with Gasteiger partial charge in [-0.05, 0) is 18.6 Å². The summed E-state index contributed by atoms with van der Waals surface area (Å²) in [4.78, 5) is 11.7. The monoisotopic (exact) mass is 288 g/mol. The van der Waals surface area contributed by atoms with Crippen LogP contribution in [0.25, 0.3) is 0 Å². The molecule has 0 saturated heterocycles. The van der Waals surface area contributed by atoms with Gasteiger partial charge in [-0.25, -0.2) is 0 Å². The van der Waals surface area contributed by atoms with E-state index in [1.165, 1.54) is 25.3 Å². The normalized spacial score (nSPS) is 12.1. The molecule has 0 heterocycles. The quantitative estimate of drug-likeness (QED) is 0.807. The van der Waals surface area contributed by atoms with Crippen LogP contribution >= 0.6 is 0 Å². The Balaban J connectivity index is 2.78. The number of anilines is 1. The van der Waals surface area contributed by atoms with Crippen LogP contribution in [0.5, 0.6) is 11.5 Å². The van der Waals surface area contributed by atoms with Crippen LogP contribution in [0.4, 0.5) is 14.5 Å². The first-order valence-corrected chi connectivity index (χ1v) is 6.14. The minimum atomic E-state index is -2.97. The van der Waals surface area contributed by atoms with E-state index in [4.69, 9.17) is 10.5 Å². The highest BCUT2D eigenvalue weighted by atomic mass is 19.3. The Kier molecular flexibility index (Phi) is 6.17. The number of ether oxygens (including phenoxy) is 2. The predicted octanol–water partition coefficient (Wildman–Crippen LogP) is 2.36. The van der Waals surface area contributed by atoms with Gasteiger partial charge in [-0.2, -0.15) is 8.78 Å². The fourth-order valence-corrected chi connectivity index (χ4v) is 1.54. The molecule has 0 fully saturated rings. The van der Waals surface area contributed by atoms with Crippen molar-refractivity contribution in [2.45, 2.75) is 32.4 Å². The number of nitrogens with one attached hydrogen (secondary N) is 1. The zero-order valence-corrected chi connectivity index (χ0v) is 11.4. The number of halogens is 2. The van der Waals surface area contributed by atoms with E-state index in [9.17, 15) is 13.6 Å². The third-order valence-electron chi connectivity index (χ3n) is 2.64. The topological polar surface area (TPSA) is 73.6 Å². The summed E-state index contributed by atoms with van der Waals surface area (Å²) in [6.07, 6.45) is 0.837. The van der Waals surface area contributed by atoms with E-state index in [-0.39, 0.29) is 29.9 Å². The van der Waals surface area contributed by atoms with E-state index in [0.29, 0.717) is 12.1 Å². The van der Waals surface area contributed by atoms with Crippen LogP contribution in [-0.2, 0) is 4.79 Å². The van der Waals surface area contributed by atoms with Crippen molar-refractivity contribution in [2.24, 2.45) is 5.73 Å². The molecule has 0 aliphatic rings. The summed E-state index contributed by atoms with van der Waals surface area (Å²) in [6, 6.07) is 4.02. The molecule has 7 heteroatoms. The van der Waals surface area contributed by atoms with E-state index in [2.05, 4.69) is 10.1 Å². The Morgan fingerprint density at radius 1 is 1.40 bits per heavy atom. The van der Waals surface area contributed by atoms with Gasteiger partial charge in [-0.15, -0.1) is 0 Å². The number of hydrogen-bond acceptors (Lipinski definition) is 4. The zero-order chi connectivity index (χ0) is 15.1. The minimum absolute atomic E-state index is 0.139. The molecule has 0 saturated carbocycles. The SMILES string of the molecule is CCC(N)CC(=O)Nc1ccc(OC)c(OC(F)F)c1. The molecule has 112 valence electrons. The minimum Gasteiger partial charge on any atom is -0.493 e. The van der Waals surface area contributed by atoms with Crippen molar-refractivity contribution in [3.05, 3.63) is 18.2 Å². The van der Waals surface area contributed by atoms with Crippen LogP contribution in [0.3, 0.4) is 0 Å². The van der Waals surface area contributed by atoms with Gasteiger partial charge in [-0.1, -0.05) is 6.92 Å². The molecule has 1 atom stereocenters. The van der Waals surface area contributed by atoms with Crippen molar-refractivity contribution in [1.29, 1.82) is 0 Å². The molecule has 5 nitrogen and oxygen atoms in total. The Morgan fingerprint density at radius 3 is 2.65 bits per heavy atom. The van der Waals surface area contributed by atoms with Crippen LogP contribution in [-0.4, -0.2) is 25.7 Å². The molecule has 1 aromatic rings. The van der Waals surface area contributed by atoms with E-state index in [1.807, 2.05) is 6.92 Å². The molecule has 3 N–H and O–H groups in total. The second-order valence-electron chi connectivity index (χ2n) is 4.16. The molecule has 1 amide bonds. The predicted molar refractivity (Wildman–Crippen MR) is 71.1 cm³/mol. The summed E-state index contributed by atoms with van der Waals surface area (Å²) in [6.45, 7) is -1.09. The average Bonchev–Trinajstić information content (AvgIpc) is 2.38. The first kappa shape index (κ1) is 16.2. The molecule has 0 aliphatic heterocycles. The summed E-state index contributed by atoms with van der Waals surface area (Å²) < 4.78 is 33.8. The van der Waals surface area contributed by atoms with E-state index >= 15 is 0 Å². The molecule has 1 unspecified atom stereocenters. The lowest BCUT2D eigenvalue weighted by molar-refractivity contribution is -0.116. The lowest BCUT2D eigenvalue weighted by Crippen LogP contribution is -2.26. The highest BCUT2D eigenvalue weighted by Crippen LogP contribution is 2.31. The molecule has 0 bridgehead atoms. The number of alkyl halides is 2. The number of nitrogens with two attached hydrogens (primary N) is 1. The molecule has 0 aromatic heterocycles. The molecular weight excluding hydrogens is 270 g/mol. The molecule has 1 aromatic carbocycles. The van der Waals surface area contributed by atoms with Crippen molar-refractivity contribution in [3.63, 3.8) is 0 Å². The highest BCUT2D eigenvalue weighted by Gasteiger charge is 2.13. The van der Waals surface area contributed by atoms with Gasteiger partial charge in [0, 0.05) is 24.2 Å². The van der Waals surface area contributed by atoms with Gasteiger partial charge in [0.15, 0.2) is 11.5 Å². The second-order valence-corrected chi connectivity index (χ2v) is 4.16. The standard InChI is InChI=1S/C13H18F2N2O3/c1-3-8(16)6-12(18)17-9-4-5-10(19-2)11(7-9)20-13(14)15/h4-5,7-8,13H,3,6,16H2,1-2H3,(H,17,18). The molecule has 1 rings (SSSR count). The Hall–Kier alpha value is -1.89. The summed E-state index contributed by atoms with van der Waals surface area (Å²) in [5.74, 6) is -0.263. The summed E-state index contributed by atoms with van der Waals surface area (Å²) >= 11 is 0. The molecule has 0 radical (unpaired) electrons. The molecule has 0 aliphatic carbocycles. The van der Waals surface area contributed by atoms with Crippen molar-refractivity contribution < 1.29 is 23.0 Å². The fraction of sp³-hybridized carbons (Fsp3) is 0.462. The van der Waals surface area contributed by atoms with Crippen LogP contribution < -0.4 is 20.5 Å². The third-order valence-corrected chi connectivity index (χ3v) is 2.64. The van der Waals surface area contributed by atoms with Crippen molar-refractivity contribution in [3.8, 4) is 11.5 Å². The smallest absolute Gasteiger partial charge is 0.387 e. The van der Waals surface area contributed by atoms with E-state index < -0.39 is 6.61 Å². The van der Waals surface area contributed by atoms with Gasteiger partial charge in [0.2, 0.25) is 5.91 Å². The average molecular weight is 288 g/mol. The maximum absolute atomic E-state index is 12.3. The zero-order valence-electron chi connectivity index (χ0n) is 11.4. The molecule has 0 spiro atoms. The van der Waals surface area contributed by atoms with E-state index in [0.717, 1.165) is 0 Å². The van der Waals surface area contributed by atoms with Crippen LogP contribution in [0, 0.1) is 0 Å². The van der Waals surface area contributed by atoms with E-state index in [1.54, 1.807) is 0 Å². The van der Waals surface area contributed by atoms with Crippen LogP contribution in [0.2, 0.25) is 0 Å². The Labute approximate surface area is 116 Å². The van der Waals surface area contributed by atoms with Crippen molar-refractivity contribution in [1.82, 2.24) is 0 Å². The second kappa shape index (κ2) is 7.64. The molecule has 20 heavy (non-hydrogen) atoms. The fourth-order valence-electron chi connectivity index (χ4n) is 1.54. The van der Waals surface area contributed by atoms with Gasteiger partial charge in [0.1, 0.15) is 0 Å². The number of carbonyl (C=O) groups excluding carboxylic acids is 1. The summed E-state index contributed by atoms with van der Waals surface area (Å²) in [7, 11) is 1.34. The number of carbonyl (C=O) groups is 1. The molecular formula is C13H18F2N2O3. The van der Waals surface area contributed by atoms with Gasteiger partial charge < -0.3 is 20.5 Å². The summed E-state index contributed by atoms with van der Waals surface area (Å²) in [5.41, 5.74) is 6.01. The Bertz CT molecular complexity index is 455. The summed E-state index contributed by atoms with van der Waals surface area (Å²) in [5, 5.41) is 2.57. The number of amides is 1. The largest absolute Gasteiger partial charge is 0.493 e. The number of benzene rings is 1. The Morgan fingerprint density at radius 2 is 2.10 bits per heavy atom.